The number of methoxy groups -OCH3 is 1. The molecular formula is C31H38BrFN4O5Si. The van der Waals surface area contributed by atoms with Crippen LogP contribution in [-0.2, 0) is 9.16 Å². The molecule has 1 aliphatic rings. The molecule has 0 N–H and O–H groups in total. The summed E-state index contributed by atoms with van der Waals surface area (Å²) in [5.74, 6) is -0.431. The molecule has 0 spiro atoms. The Bertz CT molecular complexity index is 1670. The number of amides is 1. The van der Waals surface area contributed by atoms with E-state index in [0.717, 1.165) is 0 Å². The first-order chi connectivity index (χ1) is 19.9. The molecule has 9 nitrogen and oxygen atoms in total. The number of carbonyl (C=O) groups excluding carboxylic acids is 1. The van der Waals surface area contributed by atoms with E-state index < -0.39 is 37.4 Å². The Morgan fingerprint density at radius 2 is 1.84 bits per heavy atom. The van der Waals surface area contributed by atoms with Crippen molar-refractivity contribution >= 4 is 41.2 Å². The predicted octanol–water partition coefficient (Wildman–Crippen LogP) is 7.24. The van der Waals surface area contributed by atoms with Gasteiger partial charge in [-0.05, 0) is 79.1 Å². The molecule has 1 amide bonds. The monoisotopic (exact) mass is 672 g/mol. The van der Waals surface area contributed by atoms with Crippen molar-refractivity contribution in [2.75, 3.05) is 13.7 Å². The first-order valence-corrected chi connectivity index (χ1v) is 17.7. The summed E-state index contributed by atoms with van der Waals surface area (Å²) in [6.07, 6.45) is -0.577. The number of aromatic nitrogens is 2. The normalized spacial score (nSPS) is 17.7. The van der Waals surface area contributed by atoms with Crippen LogP contribution in [0.5, 0.6) is 5.75 Å². The molecule has 4 rings (SSSR count). The number of nitrogens with zero attached hydrogens (tertiary/aromatic N) is 4. The van der Waals surface area contributed by atoms with E-state index in [1.165, 1.54) is 29.9 Å². The van der Waals surface area contributed by atoms with Crippen LogP contribution in [0.4, 0.5) is 9.18 Å². The van der Waals surface area contributed by atoms with Crippen LogP contribution in [0, 0.1) is 17.1 Å². The molecule has 3 aromatic rings. The Balaban J connectivity index is 1.98. The zero-order valence-corrected chi connectivity index (χ0v) is 28.6. The van der Waals surface area contributed by atoms with Gasteiger partial charge in [-0.2, -0.15) is 5.26 Å². The summed E-state index contributed by atoms with van der Waals surface area (Å²) in [7, 11) is -0.895. The number of ether oxygens (including phenoxy) is 2. The fraction of sp³-hybridized carbons (Fsp3) is 0.484. The second-order valence-electron chi connectivity index (χ2n) is 13.3. The Morgan fingerprint density at radius 1 is 1.16 bits per heavy atom. The van der Waals surface area contributed by atoms with Crippen molar-refractivity contribution in [3.05, 3.63) is 62.4 Å². The minimum absolute atomic E-state index is 0.0145. The lowest BCUT2D eigenvalue weighted by molar-refractivity contribution is 0.0201. The molecule has 12 heteroatoms. The molecular weight excluding hydrogens is 635 g/mol. The van der Waals surface area contributed by atoms with Crippen molar-refractivity contribution in [3.63, 3.8) is 0 Å². The Hall–Kier alpha value is -3.27. The van der Waals surface area contributed by atoms with Crippen molar-refractivity contribution < 1.29 is 23.1 Å². The van der Waals surface area contributed by atoms with Gasteiger partial charge in [0.15, 0.2) is 19.9 Å². The molecule has 0 unspecified atom stereocenters. The zero-order valence-electron chi connectivity index (χ0n) is 26.0. The van der Waals surface area contributed by atoms with Gasteiger partial charge >= 0.3 is 6.09 Å². The summed E-state index contributed by atoms with van der Waals surface area (Å²) in [6, 6.07) is 8.53. The summed E-state index contributed by atoms with van der Waals surface area (Å²) >= 11 is 3.47. The molecule has 0 bridgehead atoms. The molecule has 43 heavy (non-hydrogen) atoms. The average molecular weight is 674 g/mol. The number of likely N-dealkylation sites (tertiary alicyclic amines) is 1. The molecule has 1 saturated heterocycles. The summed E-state index contributed by atoms with van der Waals surface area (Å²) in [5, 5.41) is 9.65. The number of halogens is 2. The fourth-order valence-electron chi connectivity index (χ4n) is 4.84. The maximum Gasteiger partial charge on any atom is 0.411 e. The maximum atomic E-state index is 15.0. The van der Waals surface area contributed by atoms with Crippen LogP contribution in [0.2, 0.25) is 18.1 Å². The topological polar surface area (TPSA) is 107 Å². The van der Waals surface area contributed by atoms with Gasteiger partial charge in [0.05, 0.1) is 47.5 Å². The number of hydrogen-bond acceptors (Lipinski definition) is 7. The molecule has 2 atom stereocenters. The van der Waals surface area contributed by atoms with E-state index in [1.807, 2.05) is 0 Å². The van der Waals surface area contributed by atoms with E-state index in [-0.39, 0.29) is 45.9 Å². The first-order valence-electron chi connectivity index (χ1n) is 14.0. The van der Waals surface area contributed by atoms with Gasteiger partial charge in [-0.25, -0.2) is 14.2 Å². The highest BCUT2D eigenvalue weighted by atomic mass is 79.9. The molecule has 230 valence electrons. The third-order valence-electron chi connectivity index (χ3n) is 7.93. The second kappa shape index (κ2) is 11.7. The van der Waals surface area contributed by atoms with E-state index in [9.17, 15) is 14.9 Å². The van der Waals surface area contributed by atoms with E-state index in [0.29, 0.717) is 16.4 Å². The summed E-state index contributed by atoms with van der Waals surface area (Å²) in [6.45, 7) is 16.3. The molecule has 1 aromatic heterocycles. The zero-order chi connectivity index (χ0) is 32.1. The minimum atomic E-state index is -2.25. The SMILES string of the molecule is COc1ccc(-n2c([C@@H]3C[C@@H](O[Si](C)(C)C(C)(C)C)CN3C(=O)OC(C)(C)C)nc3c(Br)cc(C#N)cc3c2=O)cc1F. The van der Waals surface area contributed by atoms with Gasteiger partial charge in [0, 0.05) is 23.5 Å². The standard InChI is InChI=1S/C31H38BrFN4O5Si/c1-30(2,3)41-29(39)36-17-20(42-43(8,9)31(4,5)6)15-24(36)27-35-26-21(12-18(16-34)13-22(26)32)28(38)37(27)19-10-11-25(40-7)23(33)14-19/h10-14,20,24H,15,17H2,1-9H3/t20-,24+/m1/s1. The molecule has 0 saturated carbocycles. The van der Waals surface area contributed by atoms with Crippen LogP contribution in [0.25, 0.3) is 16.6 Å². The van der Waals surface area contributed by atoms with Crippen LogP contribution in [-0.4, -0.2) is 54.2 Å². The van der Waals surface area contributed by atoms with Crippen molar-refractivity contribution in [1.82, 2.24) is 14.5 Å². The van der Waals surface area contributed by atoms with E-state index in [2.05, 4.69) is 55.9 Å². The number of benzene rings is 2. The third kappa shape index (κ3) is 6.64. The molecule has 1 aliphatic heterocycles. The van der Waals surface area contributed by atoms with Gasteiger partial charge in [0.1, 0.15) is 11.4 Å². The average Bonchev–Trinajstić information content (AvgIpc) is 3.30. The molecule has 1 fully saturated rings. The number of rotatable bonds is 5. The lowest BCUT2D eigenvalue weighted by atomic mass is 10.1. The van der Waals surface area contributed by atoms with Crippen LogP contribution in [0.15, 0.2) is 39.6 Å². The molecule has 0 radical (unpaired) electrons. The number of nitriles is 1. The lowest BCUT2D eigenvalue weighted by Crippen LogP contribution is -2.45. The Morgan fingerprint density at radius 3 is 2.40 bits per heavy atom. The molecule has 0 aliphatic carbocycles. The third-order valence-corrected chi connectivity index (χ3v) is 13.1. The molecule has 2 heterocycles. The predicted molar refractivity (Wildman–Crippen MR) is 169 cm³/mol. The number of fused-ring (bicyclic) bond motifs is 1. The van der Waals surface area contributed by atoms with Crippen molar-refractivity contribution in [1.29, 1.82) is 5.26 Å². The van der Waals surface area contributed by atoms with Crippen molar-refractivity contribution in [2.24, 2.45) is 0 Å². The highest BCUT2D eigenvalue weighted by Gasteiger charge is 2.46. The van der Waals surface area contributed by atoms with Crippen LogP contribution < -0.4 is 10.3 Å². The quantitative estimate of drug-likeness (QED) is 0.263. The number of hydrogen-bond donors (Lipinski definition) is 0. The highest BCUT2D eigenvalue weighted by molar-refractivity contribution is 9.10. The summed E-state index contributed by atoms with van der Waals surface area (Å²) < 4.78 is 34.4. The largest absolute Gasteiger partial charge is 0.494 e. The van der Waals surface area contributed by atoms with Gasteiger partial charge < -0.3 is 13.9 Å². The van der Waals surface area contributed by atoms with E-state index >= 15 is 4.39 Å². The van der Waals surface area contributed by atoms with E-state index in [1.54, 1.807) is 37.8 Å². The Kier molecular flexibility index (Phi) is 8.86. The minimum Gasteiger partial charge on any atom is -0.494 e. The highest BCUT2D eigenvalue weighted by Crippen LogP contribution is 2.42. The van der Waals surface area contributed by atoms with Gasteiger partial charge in [-0.3, -0.25) is 14.3 Å². The maximum absolute atomic E-state index is 15.0. The smallest absolute Gasteiger partial charge is 0.411 e. The summed E-state index contributed by atoms with van der Waals surface area (Å²) in [5.41, 5.74) is -0.504. The van der Waals surface area contributed by atoms with Gasteiger partial charge in [-0.1, -0.05) is 20.8 Å². The van der Waals surface area contributed by atoms with Crippen LogP contribution in [0.1, 0.15) is 65.4 Å². The fourth-order valence-corrected chi connectivity index (χ4v) is 6.75. The Labute approximate surface area is 260 Å². The number of carbonyl (C=O) groups is 1. The second-order valence-corrected chi connectivity index (χ2v) is 18.9. The van der Waals surface area contributed by atoms with Crippen molar-refractivity contribution in [3.8, 4) is 17.5 Å². The van der Waals surface area contributed by atoms with Crippen LogP contribution in [0.3, 0.4) is 0 Å². The van der Waals surface area contributed by atoms with Crippen LogP contribution >= 0.6 is 15.9 Å². The van der Waals surface area contributed by atoms with Gasteiger partial charge in [0.2, 0.25) is 0 Å². The molecule has 2 aromatic carbocycles. The van der Waals surface area contributed by atoms with E-state index in [4.69, 9.17) is 18.9 Å². The summed E-state index contributed by atoms with van der Waals surface area (Å²) in [4.78, 5) is 34.3. The van der Waals surface area contributed by atoms with Gasteiger partial charge in [-0.15, -0.1) is 0 Å². The van der Waals surface area contributed by atoms with Gasteiger partial charge in [0.25, 0.3) is 5.56 Å². The van der Waals surface area contributed by atoms with Crippen molar-refractivity contribution in [2.45, 2.75) is 83.8 Å². The first kappa shape index (κ1) is 32.6. The lowest BCUT2D eigenvalue weighted by Gasteiger charge is -2.38.